The van der Waals surface area contributed by atoms with E-state index in [4.69, 9.17) is 0 Å². The molecule has 1 aliphatic rings. The molecule has 0 aliphatic carbocycles. The highest BCUT2D eigenvalue weighted by molar-refractivity contribution is 5.75. The van der Waals surface area contributed by atoms with Crippen LogP contribution in [0.5, 0.6) is 0 Å². The van der Waals surface area contributed by atoms with E-state index in [1.54, 1.807) is 6.20 Å². The molecule has 3 rings (SSSR count). The lowest BCUT2D eigenvalue weighted by atomic mass is 10.0. The molecule has 0 bridgehead atoms. The van der Waals surface area contributed by atoms with Crippen LogP contribution in [0.1, 0.15) is 24.8 Å². The summed E-state index contributed by atoms with van der Waals surface area (Å²) in [5, 5.41) is 10.6. The fourth-order valence-electron chi connectivity index (χ4n) is 2.97. The lowest BCUT2D eigenvalue weighted by molar-refractivity contribution is -0.121. The van der Waals surface area contributed by atoms with Gasteiger partial charge in [0.25, 0.3) is 0 Å². The first-order valence-corrected chi connectivity index (χ1v) is 8.37. The van der Waals surface area contributed by atoms with Crippen molar-refractivity contribution >= 4 is 5.91 Å². The van der Waals surface area contributed by atoms with Crippen molar-refractivity contribution in [2.75, 3.05) is 19.6 Å². The van der Waals surface area contributed by atoms with Gasteiger partial charge in [0, 0.05) is 25.4 Å². The summed E-state index contributed by atoms with van der Waals surface area (Å²) in [6.07, 6.45) is 7.40. The van der Waals surface area contributed by atoms with Crippen LogP contribution in [0.4, 0.5) is 0 Å². The molecule has 1 amide bonds. The molecule has 1 aromatic carbocycles. The van der Waals surface area contributed by atoms with E-state index in [0.717, 1.165) is 31.6 Å². The maximum atomic E-state index is 11.9. The summed E-state index contributed by atoms with van der Waals surface area (Å²) >= 11 is 0. The molecule has 2 N–H and O–H groups in total. The lowest BCUT2D eigenvalue weighted by Gasteiger charge is -2.09. The molecule has 0 radical (unpaired) electrons. The summed E-state index contributed by atoms with van der Waals surface area (Å²) in [5.41, 5.74) is 2.27. The average molecular weight is 312 g/mol. The first-order valence-electron chi connectivity index (χ1n) is 8.37. The molecule has 1 saturated heterocycles. The van der Waals surface area contributed by atoms with Crippen LogP contribution in [0, 0.1) is 5.92 Å². The number of benzene rings is 1. The Kier molecular flexibility index (Phi) is 5.42. The molecule has 1 atom stereocenters. The molecule has 2 heterocycles. The van der Waals surface area contributed by atoms with Gasteiger partial charge in [-0.1, -0.05) is 12.1 Å². The number of nitrogens with zero attached hydrogens (tertiary/aromatic N) is 2. The third kappa shape index (κ3) is 4.66. The smallest absolute Gasteiger partial charge is 0.220 e. The van der Waals surface area contributed by atoms with E-state index in [2.05, 4.69) is 40.0 Å². The minimum Gasteiger partial charge on any atom is -0.356 e. The van der Waals surface area contributed by atoms with Gasteiger partial charge in [-0.15, -0.1) is 0 Å². The topological polar surface area (TPSA) is 59.0 Å². The van der Waals surface area contributed by atoms with E-state index in [1.165, 1.54) is 12.0 Å². The molecule has 0 saturated carbocycles. The predicted molar refractivity (Wildman–Crippen MR) is 90.5 cm³/mol. The molecule has 1 aromatic heterocycles. The standard InChI is InChI=1S/C18H24N4O/c23-18(7-4-16-8-11-19-14-16)20-12-9-15-2-5-17(6-3-15)22-13-1-10-21-22/h1-3,5-6,10,13,16,19H,4,7-9,11-12,14H2,(H,20,23). The van der Waals surface area contributed by atoms with Crippen LogP contribution in [0.15, 0.2) is 42.7 Å². The Morgan fingerprint density at radius 3 is 2.91 bits per heavy atom. The van der Waals surface area contributed by atoms with E-state index in [1.807, 2.05) is 16.9 Å². The van der Waals surface area contributed by atoms with Gasteiger partial charge in [0.15, 0.2) is 0 Å². The fraction of sp³-hybridized carbons (Fsp3) is 0.444. The molecule has 1 unspecified atom stereocenters. The van der Waals surface area contributed by atoms with Gasteiger partial charge in [0.05, 0.1) is 5.69 Å². The highest BCUT2D eigenvalue weighted by Gasteiger charge is 2.15. The largest absolute Gasteiger partial charge is 0.356 e. The molecular weight excluding hydrogens is 288 g/mol. The zero-order valence-electron chi connectivity index (χ0n) is 13.4. The SMILES string of the molecule is O=C(CCC1CCNC1)NCCc1ccc(-n2cccn2)cc1. The second-order valence-corrected chi connectivity index (χ2v) is 6.11. The van der Waals surface area contributed by atoms with E-state index < -0.39 is 0 Å². The van der Waals surface area contributed by atoms with Crippen molar-refractivity contribution in [3.63, 3.8) is 0 Å². The van der Waals surface area contributed by atoms with Crippen LogP contribution in [0.3, 0.4) is 0 Å². The summed E-state index contributed by atoms with van der Waals surface area (Å²) in [6, 6.07) is 10.2. The van der Waals surface area contributed by atoms with E-state index >= 15 is 0 Å². The van der Waals surface area contributed by atoms with Gasteiger partial charge in [-0.2, -0.15) is 5.10 Å². The monoisotopic (exact) mass is 312 g/mol. The van der Waals surface area contributed by atoms with E-state index in [0.29, 0.717) is 18.9 Å². The average Bonchev–Trinajstić information content (AvgIpc) is 3.27. The minimum absolute atomic E-state index is 0.171. The van der Waals surface area contributed by atoms with Crippen molar-refractivity contribution in [2.24, 2.45) is 5.92 Å². The summed E-state index contributed by atoms with van der Waals surface area (Å²) < 4.78 is 1.84. The quantitative estimate of drug-likeness (QED) is 0.821. The van der Waals surface area contributed by atoms with E-state index in [-0.39, 0.29) is 5.91 Å². The maximum Gasteiger partial charge on any atom is 0.220 e. The maximum absolute atomic E-state index is 11.9. The van der Waals surface area contributed by atoms with Crippen molar-refractivity contribution in [3.8, 4) is 5.69 Å². The number of rotatable bonds is 7. The molecule has 5 nitrogen and oxygen atoms in total. The molecule has 1 fully saturated rings. The first kappa shape index (κ1) is 15.7. The number of carbonyl (C=O) groups excluding carboxylic acids is 1. The summed E-state index contributed by atoms with van der Waals surface area (Å²) in [7, 11) is 0. The third-order valence-electron chi connectivity index (χ3n) is 4.38. The van der Waals surface area contributed by atoms with Gasteiger partial charge in [-0.05, 0) is 62.0 Å². The van der Waals surface area contributed by atoms with Crippen molar-refractivity contribution in [3.05, 3.63) is 48.3 Å². The van der Waals surface area contributed by atoms with Gasteiger partial charge in [-0.25, -0.2) is 4.68 Å². The molecule has 1 aliphatic heterocycles. The highest BCUT2D eigenvalue weighted by atomic mass is 16.1. The fourth-order valence-corrected chi connectivity index (χ4v) is 2.97. The zero-order chi connectivity index (χ0) is 15.9. The number of nitrogens with one attached hydrogen (secondary N) is 2. The Balaban J connectivity index is 1.37. The Bertz CT molecular complexity index is 600. The van der Waals surface area contributed by atoms with Crippen molar-refractivity contribution in [1.82, 2.24) is 20.4 Å². The molecule has 0 spiro atoms. The van der Waals surface area contributed by atoms with E-state index in [9.17, 15) is 4.79 Å². The van der Waals surface area contributed by atoms with Crippen molar-refractivity contribution in [1.29, 1.82) is 0 Å². The highest BCUT2D eigenvalue weighted by Crippen LogP contribution is 2.14. The van der Waals surface area contributed by atoms with Crippen LogP contribution < -0.4 is 10.6 Å². The predicted octanol–water partition coefficient (Wildman–Crippen LogP) is 1.92. The van der Waals surface area contributed by atoms with Gasteiger partial charge in [0.2, 0.25) is 5.91 Å². The number of hydrogen-bond donors (Lipinski definition) is 2. The van der Waals surface area contributed by atoms with Crippen molar-refractivity contribution in [2.45, 2.75) is 25.7 Å². The molecule has 5 heteroatoms. The summed E-state index contributed by atoms with van der Waals surface area (Å²) in [6.45, 7) is 2.86. The Labute approximate surface area is 137 Å². The van der Waals surface area contributed by atoms with Gasteiger partial charge in [-0.3, -0.25) is 4.79 Å². The van der Waals surface area contributed by atoms with Gasteiger partial charge in [0.1, 0.15) is 0 Å². The molecule has 23 heavy (non-hydrogen) atoms. The van der Waals surface area contributed by atoms with Crippen molar-refractivity contribution < 1.29 is 4.79 Å². The minimum atomic E-state index is 0.171. The van der Waals surface area contributed by atoms with Gasteiger partial charge < -0.3 is 10.6 Å². The van der Waals surface area contributed by atoms with Crippen LogP contribution in [-0.4, -0.2) is 35.3 Å². The number of amides is 1. The molecular formula is C18H24N4O. The Morgan fingerprint density at radius 2 is 2.22 bits per heavy atom. The van der Waals surface area contributed by atoms with Crippen LogP contribution in [0.2, 0.25) is 0 Å². The molecule has 2 aromatic rings. The summed E-state index contributed by atoms with van der Waals surface area (Å²) in [5.74, 6) is 0.848. The van der Waals surface area contributed by atoms with Crippen LogP contribution in [0.25, 0.3) is 5.69 Å². The Morgan fingerprint density at radius 1 is 1.35 bits per heavy atom. The second kappa shape index (κ2) is 7.92. The number of hydrogen-bond acceptors (Lipinski definition) is 3. The Hall–Kier alpha value is -2.14. The molecule has 122 valence electrons. The lowest BCUT2D eigenvalue weighted by Crippen LogP contribution is -2.26. The normalized spacial score (nSPS) is 17.3. The zero-order valence-corrected chi connectivity index (χ0v) is 13.4. The number of carbonyl (C=O) groups is 1. The van der Waals surface area contributed by atoms with Crippen LogP contribution in [-0.2, 0) is 11.2 Å². The second-order valence-electron chi connectivity index (χ2n) is 6.11. The van der Waals surface area contributed by atoms with Crippen LogP contribution >= 0.6 is 0 Å². The third-order valence-corrected chi connectivity index (χ3v) is 4.38. The van der Waals surface area contributed by atoms with Gasteiger partial charge >= 0.3 is 0 Å². The summed E-state index contributed by atoms with van der Waals surface area (Å²) in [4.78, 5) is 11.9. The first-order chi connectivity index (χ1) is 11.3. The number of aromatic nitrogens is 2.